The van der Waals surface area contributed by atoms with E-state index in [-0.39, 0.29) is 18.9 Å². The number of anilines is 1. The molecule has 2 rings (SSSR count). The average Bonchev–Trinajstić information content (AvgIpc) is 2.57. The third-order valence-corrected chi connectivity index (χ3v) is 3.56. The minimum absolute atomic E-state index is 0.0563. The molecule has 0 aliphatic rings. The molecule has 2 aromatic carbocycles. The second-order valence-corrected chi connectivity index (χ2v) is 5.52. The lowest BCUT2D eigenvalue weighted by Gasteiger charge is -2.10. The molecule has 0 fully saturated rings. The van der Waals surface area contributed by atoms with Crippen LogP contribution in [0.2, 0.25) is 0 Å². The molecule has 0 bridgehead atoms. The van der Waals surface area contributed by atoms with E-state index in [4.69, 9.17) is 9.47 Å². The number of esters is 1. The van der Waals surface area contributed by atoms with Gasteiger partial charge in [-0.25, -0.2) is 0 Å². The van der Waals surface area contributed by atoms with Gasteiger partial charge in [-0.15, -0.1) is 0 Å². The second-order valence-electron chi connectivity index (χ2n) is 5.52. The molecule has 5 heteroatoms. The van der Waals surface area contributed by atoms with Gasteiger partial charge < -0.3 is 14.8 Å². The van der Waals surface area contributed by atoms with Crippen LogP contribution in [0.3, 0.4) is 0 Å². The van der Waals surface area contributed by atoms with Crippen LogP contribution >= 0.6 is 0 Å². The molecule has 1 amide bonds. The number of hydrogen-bond acceptors (Lipinski definition) is 4. The zero-order valence-electron chi connectivity index (χ0n) is 14.1. The van der Waals surface area contributed by atoms with Gasteiger partial charge in [0.25, 0.3) is 5.91 Å². The van der Waals surface area contributed by atoms with Crippen LogP contribution in [0.4, 0.5) is 5.69 Å². The number of hydrogen-bond donors (Lipinski definition) is 1. The molecule has 0 saturated heterocycles. The van der Waals surface area contributed by atoms with Crippen molar-refractivity contribution in [2.24, 2.45) is 0 Å². The summed E-state index contributed by atoms with van der Waals surface area (Å²) in [5.41, 5.74) is 3.44. The monoisotopic (exact) mass is 327 g/mol. The quantitative estimate of drug-likeness (QED) is 0.828. The number of para-hydroxylation sites is 1. The fraction of sp³-hybridized carbons (Fsp3) is 0.263. The van der Waals surface area contributed by atoms with E-state index in [9.17, 15) is 9.59 Å². The predicted molar refractivity (Wildman–Crippen MR) is 92.2 cm³/mol. The molecule has 0 aromatic heterocycles. The molecule has 0 aliphatic carbocycles. The summed E-state index contributed by atoms with van der Waals surface area (Å²) in [6, 6.07) is 13.0. The molecule has 0 spiro atoms. The van der Waals surface area contributed by atoms with Crippen LogP contribution in [0.25, 0.3) is 0 Å². The van der Waals surface area contributed by atoms with Gasteiger partial charge in [0.1, 0.15) is 5.75 Å². The summed E-state index contributed by atoms with van der Waals surface area (Å²) in [5, 5.41) is 2.75. The highest BCUT2D eigenvalue weighted by molar-refractivity contribution is 5.93. The Morgan fingerprint density at radius 2 is 1.83 bits per heavy atom. The Labute approximate surface area is 141 Å². The van der Waals surface area contributed by atoms with Crippen LogP contribution in [-0.4, -0.2) is 25.6 Å². The number of carbonyl (C=O) groups is 2. The predicted octanol–water partition coefficient (Wildman–Crippen LogP) is 3.04. The van der Waals surface area contributed by atoms with E-state index in [2.05, 4.69) is 5.32 Å². The third-order valence-electron chi connectivity index (χ3n) is 3.56. The number of rotatable bonds is 6. The maximum atomic E-state index is 11.9. The van der Waals surface area contributed by atoms with Gasteiger partial charge in [-0.1, -0.05) is 30.3 Å². The van der Waals surface area contributed by atoms with Crippen molar-refractivity contribution in [3.63, 3.8) is 0 Å². The van der Waals surface area contributed by atoms with E-state index in [1.165, 1.54) is 0 Å². The molecular formula is C19H21NO4. The van der Waals surface area contributed by atoms with Gasteiger partial charge in [0.15, 0.2) is 6.61 Å². The minimum atomic E-state index is -0.476. The minimum Gasteiger partial charge on any atom is -0.496 e. The van der Waals surface area contributed by atoms with Gasteiger partial charge in [0.05, 0.1) is 13.5 Å². The first-order chi connectivity index (χ1) is 11.5. The molecule has 2 aromatic rings. The van der Waals surface area contributed by atoms with Crippen molar-refractivity contribution in [1.82, 2.24) is 0 Å². The summed E-state index contributed by atoms with van der Waals surface area (Å²) in [6.07, 6.45) is 0.0563. The topological polar surface area (TPSA) is 64.6 Å². The van der Waals surface area contributed by atoms with Crippen LogP contribution in [0, 0.1) is 13.8 Å². The number of aryl methyl sites for hydroxylation is 2. The highest BCUT2D eigenvalue weighted by atomic mass is 16.5. The molecule has 0 unspecified atom stereocenters. The van der Waals surface area contributed by atoms with E-state index in [1.807, 2.05) is 44.2 Å². The zero-order chi connectivity index (χ0) is 17.5. The Bertz CT molecular complexity index is 740. The average molecular weight is 327 g/mol. The van der Waals surface area contributed by atoms with Crippen LogP contribution in [0.1, 0.15) is 16.7 Å². The molecule has 1 N–H and O–H groups in total. The maximum absolute atomic E-state index is 11.9. The summed E-state index contributed by atoms with van der Waals surface area (Å²) >= 11 is 0. The van der Waals surface area contributed by atoms with E-state index in [1.54, 1.807) is 19.2 Å². The highest BCUT2D eigenvalue weighted by Crippen LogP contribution is 2.18. The first-order valence-corrected chi connectivity index (χ1v) is 7.64. The van der Waals surface area contributed by atoms with Crippen molar-refractivity contribution < 1.29 is 19.1 Å². The Hall–Kier alpha value is -2.82. The summed E-state index contributed by atoms with van der Waals surface area (Å²) in [6.45, 7) is 3.53. The molecule has 0 aliphatic heterocycles. The number of nitrogens with one attached hydrogen (secondary N) is 1. The van der Waals surface area contributed by atoms with Crippen LogP contribution < -0.4 is 10.1 Å². The van der Waals surface area contributed by atoms with Crippen molar-refractivity contribution in [1.29, 1.82) is 0 Å². The SMILES string of the molecule is COc1ccccc1CC(=O)OCC(=O)Nc1cc(C)ccc1C. The lowest BCUT2D eigenvalue weighted by molar-refractivity contribution is -0.146. The van der Waals surface area contributed by atoms with E-state index in [0.29, 0.717) is 5.75 Å². The second kappa shape index (κ2) is 8.15. The van der Waals surface area contributed by atoms with Gasteiger partial charge in [-0.3, -0.25) is 9.59 Å². The zero-order valence-corrected chi connectivity index (χ0v) is 14.1. The number of benzene rings is 2. The lowest BCUT2D eigenvalue weighted by atomic mass is 10.1. The van der Waals surface area contributed by atoms with Crippen LogP contribution in [0.5, 0.6) is 5.75 Å². The van der Waals surface area contributed by atoms with Gasteiger partial charge in [0, 0.05) is 11.3 Å². The molecule has 5 nitrogen and oxygen atoms in total. The molecule has 24 heavy (non-hydrogen) atoms. The number of ether oxygens (including phenoxy) is 2. The summed E-state index contributed by atoms with van der Waals surface area (Å²) < 4.78 is 10.2. The largest absolute Gasteiger partial charge is 0.496 e. The maximum Gasteiger partial charge on any atom is 0.310 e. The van der Waals surface area contributed by atoms with E-state index < -0.39 is 5.97 Å². The fourth-order valence-corrected chi connectivity index (χ4v) is 2.26. The third kappa shape index (κ3) is 4.84. The Kier molecular flexibility index (Phi) is 5.95. The molecule has 0 saturated carbocycles. The summed E-state index contributed by atoms with van der Waals surface area (Å²) in [4.78, 5) is 23.8. The normalized spacial score (nSPS) is 10.1. The molecule has 0 radical (unpaired) electrons. The lowest BCUT2D eigenvalue weighted by Crippen LogP contribution is -2.22. The van der Waals surface area contributed by atoms with Crippen molar-refractivity contribution in [3.05, 3.63) is 59.2 Å². The number of methoxy groups -OCH3 is 1. The van der Waals surface area contributed by atoms with Gasteiger partial charge in [-0.05, 0) is 37.1 Å². The van der Waals surface area contributed by atoms with E-state index >= 15 is 0 Å². The number of amides is 1. The van der Waals surface area contributed by atoms with Crippen molar-refractivity contribution in [3.8, 4) is 5.75 Å². The molecule has 0 heterocycles. The highest BCUT2D eigenvalue weighted by Gasteiger charge is 2.12. The Morgan fingerprint density at radius 3 is 2.58 bits per heavy atom. The number of carbonyl (C=O) groups excluding carboxylic acids is 2. The molecule has 126 valence electrons. The van der Waals surface area contributed by atoms with Crippen LogP contribution in [-0.2, 0) is 20.7 Å². The Morgan fingerprint density at radius 1 is 1.08 bits per heavy atom. The van der Waals surface area contributed by atoms with Gasteiger partial charge in [-0.2, -0.15) is 0 Å². The van der Waals surface area contributed by atoms with Crippen molar-refractivity contribution in [2.75, 3.05) is 19.0 Å². The Balaban J connectivity index is 1.87. The fourth-order valence-electron chi connectivity index (χ4n) is 2.26. The summed E-state index contributed by atoms with van der Waals surface area (Å²) in [7, 11) is 1.54. The summed E-state index contributed by atoms with van der Waals surface area (Å²) in [5.74, 6) is -0.220. The first-order valence-electron chi connectivity index (χ1n) is 7.64. The molecule has 0 atom stereocenters. The van der Waals surface area contributed by atoms with Gasteiger partial charge in [0.2, 0.25) is 0 Å². The first kappa shape index (κ1) is 17.5. The smallest absolute Gasteiger partial charge is 0.310 e. The van der Waals surface area contributed by atoms with E-state index in [0.717, 1.165) is 22.4 Å². The van der Waals surface area contributed by atoms with Crippen molar-refractivity contribution in [2.45, 2.75) is 20.3 Å². The van der Waals surface area contributed by atoms with Crippen molar-refractivity contribution >= 4 is 17.6 Å². The van der Waals surface area contributed by atoms with Crippen LogP contribution in [0.15, 0.2) is 42.5 Å². The molecular weight excluding hydrogens is 306 g/mol. The standard InChI is InChI=1S/C19H21NO4/c1-13-8-9-14(2)16(10-13)20-18(21)12-24-19(22)11-15-6-4-5-7-17(15)23-3/h4-10H,11-12H2,1-3H3,(H,20,21). The van der Waals surface area contributed by atoms with Gasteiger partial charge >= 0.3 is 5.97 Å².